The molecule has 1 amide bonds. The molecule has 0 aromatic rings. The summed E-state index contributed by atoms with van der Waals surface area (Å²) in [6, 6.07) is 0. The molecule has 3 heteroatoms. The van der Waals surface area contributed by atoms with Crippen LogP contribution in [0.5, 0.6) is 0 Å². The van der Waals surface area contributed by atoms with E-state index in [0.717, 1.165) is 6.54 Å². The van der Waals surface area contributed by atoms with Crippen molar-refractivity contribution in [3.63, 3.8) is 0 Å². The van der Waals surface area contributed by atoms with E-state index in [4.69, 9.17) is 0 Å². The van der Waals surface area contributed by atoms with Crippen molar-refractivity contribution in [2.24, 2.45) is 5.92 Å². The fourth-order valence-electron chi connectivity index (χ4n) is 1.87. The predicted octanol–water partition coefficient (Wildman–Crippen LogP) is 2.31. The maximum Gasteiger partial charge on any atom is 0.406 e. The van der Waals surface area contributed by atoms with E-state index in [9.17, 15) is 4.79 Å². The molecular weight excluding hydrogens is 166 g/mol. The lowest BCUT2D eigenvalue weighted by Crippen LogP contribution is -2.28. The average Bonchev–Trinajstić information content (AvgIpc) is 2.42. The molecule has 0 unspecified atom stereocenters. The Morgan fingerprint density at radius 3 is 2.46 bits per heavy atom. The Bertz CT molecular complexity index is 151. The van der Waals surface area contributed by atoms with Gasteiger partial charge in [-0.25, -0.2) is 4.79 Å². The lowest BCUT2D eigenvalue weighted by Gasteiger charge is -2.13. The zero-order valence-electron chi connectivity index (χ0n) is 8.34. The molecule has 0 spiro atoms. The molecule has 1 N–H and O–H groups in total. The summed E-state index contributed by atoms with van der Waals surface area (Å²) >= 11 is 0. The Balaban J connectivity index is 2.15. The summed E-state index contributed by atoms with van der Waals surface area (Å²) in [5, 5.41) is 2.77. The summed E-state index contributed by atoms with van der Waals surface area (Å²) in [5.41, 5.74) is 0. The maximum absolute atomic E-state index is 10.8. The molecule has 0 atom stereocenters. The molecule has 0 bridgehead atoms. The number of alkyl carbamates (subject to hydrolysis) is 1. The average molecular weight is 185 g/mol. The Morgan fingerprint density at radius 2 is 1.92 bits per heavy atom. The number of rotatable bonds is 2. The molecule has 13 heavy (non-hydrogen) atoms. The van der Waals surface area contributed by atoms with Crippen LogP contribution < -0.4 is 5.32 Å². The van der Waals surface area contributed by atoms with Gasteiger partial charge in [-0.2, -0.15) is 0 Å². The third-order valence-corrected chi connectivity index (χ3v) is 2.70. The molecule has 3 nitrogen and oxygen atoms in total. The largest absolute Gasteiger partial charge is 0.453 e. The molecule has 1 saturated carbocycles. The van der Waals surface area contributed by atoms with Gasteiger partial charge in [0, 0.05) is 6.54 Å². The van der Waals surface area contributed by atoms with Crippen molar-refractivity contribution in [2.45, 2.75) is 38.5 Å². The van der Waals surface area contributed by atoms with Gasteiger partial charge < -0.3 is 10.1 Å². The molecule has 0 heterocycles. The van der Waals surface area contributed by atoms with E-state index in [1.165, 1.54) is 45.6 Å². The summed E-state index contributed by atoms with van der Waals surface area (Å²) in [4.78, 5) is 10.8. The van der Waals surface area contributed by atoms with Gasteiger partial charge >= 0.3 is 6.09 Å². The molecule has 0 aromatic heterocycles. The number of carbonyl (C=O) groups excluding carboxylic acids is 1. The minimum atomic E-state index is -0.302. The molecule has 1 fully saturated rings. The highest BCUT2D eigenvalue weighted by Gasteiger charge is 2.12. The number of methoxy groups -OCH3 is 1. The summed E-state index contributed by atoms with van der Waals surface area (Å²) in [7, 11) is 1.41. The van der Waals surface area contributed by atoms with Gasteiger partial charge in [0.05, 0.1) is 7.11 Å². The minimum absolute atomic E-state index is 0.302. The monoisotopic (exact) mass is 185 g/mol. The van der Waals surface area contributed by atoms with Gasteiger partial charge in [0.25, 0.3) is 0 Å². The smallest absolute Gasteiger partial charge is 0.406 e. The first-order valence-electron chi connectivity index (χ1n) is 5.14. The van der Waals surface area contributed by atoms with E-state index in [2.05, 4.69) is 10.1 Å². The quantitative estimate of drug-likeness (QED) is 0.670. The Labute approximate surface area is 79.8 Å². The molecule has 0 saturated heterocycles. The van der Waals surface area contributed by atoms with E-state index in [1.807, 2.05) is 0 Å². The fourth-order valence-corrected chi connectivity index (χ4v) is 1.87. The van der Waals surface area contributed by atoms with Crippen molar-refractivity contribution in [3.05, 3.63) is 0 Å². The molecular formula is C10H19NO2. The number of ether oxygens (including phenoxy) is 1. The van der Waals surface area contributed by atoms with Crippen LogP contribution in [-0.4, -0.2) is 19.7 Å². The third-order valence-electron chi connectivity index (χ3n) is 2.70. The highest BCUT2D eigenvalue weighted by atomic mass is 16.5. The minimum Gasteiger partial charge on any atom is -0.453 e. The van der Waals surface area contributed by atoms with Crippen molar-refractivity contribution in [1.29, 1.82) is 0 Å². The van der Waals surface area contributed by atoms with Gasteiger partial charge in [0.1, 0.15) is 0 Å². The molecule has 1 rings (SSSR count). The van der Waals surface area contributed by atoms with Crippen LogP contribution in [0.25, 0.3) is 0 Å². The van der Waals surface area contributed by atoms with Crippen LogP contribution in [0.15, 0.2) is 0 Å². The maximum atomic E-state index is 10.8. The van der Waals surface area contributed by atoms with E-state index < -0.39 is 0 Å². The zero-order chi connectivity index (χ0) is 9.52. The zero-order valence-corrected chi connectivity index (χ0v) is 8.34. The number of hydrogen-bond acceptors (Lipinski definition) is 2. The van der Waals surface area contributed by atoms with Crippen LogP contribution in [0, 0.1) is 5.92 Å². The third kappa shape index (κ3) is 4.15. The van der Waals surface area contributed by atoms with E-state index in [-0.39, 0.29) is 6.09 Å². The number of carbonyl (C=O) groups is 1. The van der Waals surface area contributed by atoms with Crippen LogP contribution in [0.3, 0.4) is 0 Å². The first-order valence-corrected chi connectivity index (χ1v) is 5.14. The Hall–Kier alpha value is -0.730. The SMILES string of the molecule is COC(=O)NCC1CCCCCC1. The molecule has 0 aliphatic heterocycles. The fraction of sp³-hybridized carbons (Fsp3) is 0.900. The standard InChI is InChI=1S/C10H19NO2/c1-13-10(12)11-8-9-6-4-2-3-5-7-9/h9H,2-8H2,1H3,(H,11,12). The van der Waals surface area contributed by atoms with Crippen LogP contribution in [0.2, 0.25) is 0 Å². The number of amides is 1. The van der Waals surface area contributed by atoms with Gasteiger partial charge in [-0.3, -0.25) is 0 Å². The van der Waals surface area contributed by atoms with Gasteiger partial charge in [-0.15, -0.1) is 0 Å². The van der Waals surface area contributed by atoms with E-state index >= 15 is 0 Å². The topological polar surface area (TPSA) is 38.3 Å². The van der Waals surface area contributed by atoms with Crippen LogP contribution in [0.4, 0.5) is 4.79 Å². The number of nitrogens with one attached hydrogen (secondary N) is 1. The summed E-state index contributed by atoms with van der Waals surface area (Å²) < 4.78 is 4.52. The van der Waals surface area contributed by atoms with Gasteiger partial charge in [0.15, 0.2) is 0 Å². The second-order valence-electron chi connectivity index (χ2n) is 3.73. The van der Waals surface area contributed by atoms with Gasteiger partial charge in [0.2, 0.25) is 0 Å². The van der Waals surface area contributed by atoms with Crippen LogP contribution >= 0.6 is 0 Å². The van der Waals surface area contributed by atoms with Crippen molar-refractivity contribution < 1.29 is 9.53 Å². The highest BCUT2D eigenvalue weighted by molar-refractivity contribution is 5.66. The Morgan fingerprint density at radius 1 is 1.31 bits per heavy atom. The van der Waals surface area contributed by atoms with E-state index in [1.54, 1.807) is 0 Å². The summed E-state index contributed by atoms with van der Waals surface area (Å²) in [6.45, 7) is 0.784. The van der Waals surface area contributed by atoms with E-state index in [0.29, 0.717) is 5.92 Å². The van der Waals surface area contributed by atoms with Crippen molar-refractivity contribution in [1.82, 2.24) is 5.32 Å². The van der Waals surface area contributed by atoms with Crippen LogP contribution in [-0.2, 0) is 4.74 Å². The first kappa shape index (κ1) is 10.4. The van der Waals surface area contributed by atoms with Crippen LogP contribution in [0.1, 0.15) is 38.5 Å². The van der Waals surface area contributed by atoms with Crippen molar-refractivity contribution >= 4 is 6.09 Å². The lowest BCUT2D eigenvalue weighted by molar-refractivity contribution is 0.168. The van der Waals surface area contributed by atoms with Gasteiger partial charge in [-0.1, -0.05) is 25.7 Å². The summed E-state index contributed by atoms with van der Waals surface area (Å²) in [5.74, 6) is 0.668. The van der Waals surface area contributed by atoms with Crippen molar-refractivity contribution in [2.75, 3.05) is 13.7 Å². The molecule has 1 aliphatic rings. The second-order valence-corrected chi connectivity index (χ2v) is 3.73. The second kappa shape index (κ2) is 5.84. The molecule has 0 aromatic carbocycles. The predicted molar refractivity (Wildman–Crippen MR) is 51.6 cm³/mol. The lowest BCUT2D eigenvalue weighted by atomic mass is 10.0. The Kier molecular flexibility index (Phi) is 4.65. The first-order chi connectivity index (χ1) is 6.33. The van der Waals surface area contributed by atoms with Crippen molar-refractivity contribution in [3.8, 4) is 0 Å². The van der Waals surface area contributed by atoms with Gasteiger partial charge in [-0.05, 0) is 18.8 Å². The normalized spacial score (nSPS) is 19.2. The number of hydrogen-bond donors (Lipinski definition) is 1. The molecule has 1 aliphatic carbocycles. The molecule has 0 radical (unpaired) electrons. The molecule has 76 valence electrons. The summed E-state index contributed by atoms with van der Waals surface area (Å²) in [6.07, 6.45) is 7.54. The highest BCUT2D eigenvalue weighted by Crippen LogP contribution is 2.21.